The molecule has 0 atom stereocenters. The average Bonchev–Trinajstić information content (AvgIpc) is 2.29. The van der Waals surface area contributed by atoms with E-state index in [4.69, 9.17) is 0 Å². The lowest BCUT2D eigenvalue weighted by Crippen LogP contribution is -2.07. The molecule has 0 radical (unpaired) electrons. The minimum atomic E-state index is -3.35. The summed E-state index contributed by atoms with van der Waals surface area (Å²) < 4.78 is 26.6. The van der Waals surface area contributed by atoms with Crippen molar-refractivity contribution in [3.63, 3.8) is 0 Å². The van der Waals surface area contributed by atoms with Crippen LogP contribution in [0.4, 0.5) is 0 Å². The van der Waals surface area contributed by atoms with E-state index in [1.165, 1.54) is 6.21 Å². The van der Waals surface area contributed by atoms with Gasteiger partial charge in [-0.05, 0) is 17.7 Å². The van der Waals surface area contributed by atoms with Gasteiger partial charge in [0.05, 0.1) is 23.9 Å². The summed E-state index contributed by atoms with van der Waals surface area (Å²) in [4.78, 5) is 4.22. The molecule has 2 rings (SSSR count). The number of sulfonamides is 1. The normalized spacial score (nSPS) is 17.9. The molecule has 0 spiro atoms. The highest BCUT2D eigenvalue weighted by molar-refractivity contribution is 9.10. The van der Waals surface area contributed by atoms with Gasteiger partial charge in [-0.15, -0.1) is 0 Å². The molecule has 1 aromatic carbocycles. The van der Waals surface area contributed by atoms with Crippen molar-refractivity contribution in [1.29, 1.82) is 0 Å². The van der Waals surface area contributed by atoms with E-state index in [9.17, 15) is 8.42 Å². The molecule has 0 saturated carbocycles. The Kier molecular flexibility index (Phi) is 3.77. The molecule has 1 aliphatic rings. The monoisotopic (exact) mass is 326 g/mol. The van der Waals surface area contributed by atoms with Crippen LogP contribution < -0.4 is 0 Å². The second-order valence-corrected chi connectivity index (χ2v) is 6.44. The van der Waals surface area contributed by atoms with Gasteiger partial charge in [0, 0.05) is 10.9 Å². The van der Waals surface area contributed by atoms with E-state index in [0.29, 0.717) is 12.1 Å². The van der Waals surface area contributed by atoms with Gasteiger partial charge in [-0.1, -0.05) is 34.1 Å². The maximum Gasteiger partial charge on any atom is 0.250 e. The summed E-state index contributed by atoms with van der Waals surface area (Å²) in [5, 5.41) is 0. The van der Waals surface area contributed by atoms with Crippen molar-refractivity contribution in [2.45, 2.75) is 6.42 Å². The molecule has 0 unspecified atom stereocenters. The lowest BCUT2D eigenvalue weighted by atomic mass is 10.1. The van der Waals surface area contributed by atoms with Crippen LogP contribution in [0, 0.1) is 0 Å². The molecule has 18 heavy (non-hydrogen) atoms. The molecule has 0 bridgehead atoms. The fourth-order valence-electron chi connectivity index (χ4n) is 1.54. The molecule has 0 saturated heterocycles. The Bertz CT molecular complexity index is 643. The highest BCUT2D eigenvalue weighted by Gasteiger charge is 2.08. The molecule has 1 heterocycles. The van der Waals surface area contributed by atoms with E-state index in [0.717, 1.165) is 22.0 Å². The summed E-state index contributed by atoms with van der Waals surface area (Å²) in [7, 11) is -3.35. The van der Waals surface area contributed by atoms with Crippen LogP contribution in [0.2, 0.25) is 0 Å². The van der Waals surface area contributed by atoms with Gasteiger partial charge in [-0.2, -0.15) is 4.40 Å². The SMILES string of the molecule is CS(=O)(=O)N=C1C=NC(c2ccc(Br)cc2)=CC1. The second kappa shape index (κ2) is 5.16. The van der Waals surface area contributed by atoms with Crippen molar-refractivity contribution in [2.75, 3.05) is 6.26 Å². The predicted octanol–water partition coefficient (Wildman–Crippen LogP) is 2.67. The molecule has 6 heteroatoms. The van der Waals surface area contributed by atoms with Gasteiger partial charge in [0.15, 0.2) is 0 Å². The standard InChI is InChI=1S/C12H11BrN2O2S/c1-18(16,17)15-11-6-7-12(14-8-11)9-2-4-10(13)5-3-9/h2-5,7-8H,6H2,1H3. The average molecular weight is 327 g/mol. The van der Waals surface area contributed by atoms with Crippen LogP contribution in [0.1, 0.15) is 12.0 Å². The van der Waals surface area contributed by atoms with Crippen LogP contribution in [-0.2, 0) is 10.0 Å². The zero-order chi connectivity index (χ0) is 13.2. The zero-order valence-corrected chi connectivity index (χ0v) is 12.1. The molecule has 4 nitrogen and oxygen atoms in total. The summed E-state index contributed by atoms with van der Waals surface area (Å²) in [6.07, 6.45) is 4.91. The topological polar surface area (TPSA) is 58.9 Å². The van der Waals surface area contributed by atoms with Gasteiger partial charge in [0.1, 0.15) is 0 Å². The Morgan fingerprint density at radius 1 is 1.28 bits per heavy atom. The number of nitrogens with zero attached hydrogens (tertiary/aromatic N) is 2. The highest BCUT2D eigenvalue weighted by atomic mass is 79.9. The summed E-state index contributed by atoms with van der Waals surface area (Å²) in [5.74, 6) is 0. The van der Waals surface area contributed by atoms with Crippen LogP contribution in [0.3, 0.4) is 0 Å². The smallest absolute Gasteiger partial charge is 0.250 e. The summed E-state index contributed by atoms with van der Waals surface area (Å²) in [5.41, 5.74) is 2.28. The summed E-state index contributed by atoms with van der Waals surface area (Å²) >= 11 is 3.37. The third-order valence-electron chi connectivity index (χ3n) is 2.28. The van der Waals surface area contributed by atoms with E-state index in [2.05, 4.69) is 25.3 Å². The first kappa shape index (κ1) is 13.2. The number of benzene rings is 1. The molecule has 0 aliphatic carbocycles. The van der Waals surface area contributed by atoms with Gasteiger partial charge in [-0.25, -0.2) is 8.42 Å². The van der Waals surface area contributed by atoms with Crippen molar-refractivity contribution in [3.05, 3.63) is 40.4 Å². The van der Waals surface area contributed by atoms with Gasteiger partial charge in [0.25, 0.3) is 10.0 Å². The number of halogens is 1. The predicted molar refractivity (Wildman–Crippen MR) is 77.5 cm³/mol. The van der Waals surface area contributed by atoms with E-state index < -0.39 is 10.0 Å². The van der Waals surface area contributed by atoms with E-state index in [1.807, 2.05) is 30.3 Å². The van der Waals surface area contributed by atoms with E-state index in [-0.39, 0.29) is 0 Å². The molecule has 94 valence electrons. The molecular formula is C12H11BrN2O2S. The van der Waals surface area contributed by atoms with Crippen molar-refractivity contribution in [2.24, 2.45) is 9.39 Å². The van der Waals surface area contributed by atoms with Crippen molar-refractivity contribution < 1.29 is 8.42 Å². The summed E-state index contributed by atoms with van der Waals surface area (Å²) in [6, 6.07) is 7.77. The maximum atomic E-state index is 11.0. The van der Waals surface area contributed by atoms with E-state index >= 15 is 0 Å². The lowest BCUT2D eigenvalue weighted by Gasteiger charge is -2.08. The van der Waals surface area contributed by atoms with Gasteiger partial charge >= 0.3 is 0 Å². The van der Waals surface area contributed by atoms with Crippen molar-refractivity contribution >= 4 is 43.6 Å². The minimum absolute atomic E-state index is 0.457. The van der Waals surface area contributed by atoms with Crippen LogP contribution in [0.15, 0.2) is 44.2 Å². The van der Waals surface area contributed by atoms with Gasteiger partial charge in [-0.3, -0.25) is 4.99 Å². The number of rotatable bonds is 2. The van der Waals surface area contributed by atoms with Crippen LogP contribution >= 0.6 is 15.9 Å². The Morgan fingerprint density at radius 3 is 2.44 bits per heavy atom. The molecule has 0 aromatic heterocycles. The van der Waals surface area contributed by atoms with Gasteiger partial charge < -0.3 is 0 Å². The number of aliphatic imine (C=N–C) groups is 1. The molecule has 0 fully saturated rings. The first-order chi connectivity index (χ1) is 8.44. The summed E-state index contributed by atoms with van der Waals surface area (Å²) in [6.45, 7) is 0. The zero-order valence-electron chi connectivity index (χ0n) is 9.67. The van der Waals surface area contributed by atoms with Crippen molar-refractivity contribution in [3.8, 4) is 0 Å². The van der Waals surface area contributed by atoms with Crippen LogP contribution in [-0.4, -0.2) is 26.6 Å². The fraction of sp³-hybridized carbons (Fsp3) is 0.167. The largest absolute Gasteiger partial charge is 0.255 e. The number of hydrogen-bond donors (Lipinski definition) is 0. The first-order valence-electron chi connectivity index (χ1n) is 5.23. The third kappa shape index (κ3) is 3.61. The third-order valence-corrected chi connectivity index (χ3v) is 3.38. The van der Waals surface area contributed by atoms with Crippen molar-refractivity contribution in [1.82, 2.24) is 0 Å². The van der Waals surface area contributed by atoms with Crippen LogP contribution in [0.5, 0.6) is 0 Å². The number of allylic oxidation sites excluding steroid dienone is 1. The second-order valence-electron chi connectivity index (χ2n) is 3.87. The minimum Gasteiger partial charge on any atom is -0.255 e. The molecular weight excluding hydrogens is 316 g/mol. The molecule has 0 N–H and O–H groups in total. The first-order valence-corrected chi connectivity index (χ1v) is 7.87. The quantitative estimate of drug-likeness (QED) is 0.838. The van der Waals surface area contributed by atoms with Crippen LogP contribution in [0.25, 0.3) is 5.70 Å². The maximum absolute atomic E-state index is 11.0. The fourth-order valence-corrected chi connectivity index (χ4v) is 2.35. The number of hydrogen-bond acceptors (Lipinski definition) is 3. The Morgan fingerprint density at radius 2 is 1.94 bits per heavy atom. The molecule has 1 aromatic rings. The molecule has 0 amide bonds. The van der Waals surface area contributed by atoms with E-state index in [1.54, 1.807) is 0 Å². The Balaban J connectivity index is 2.20. The molecule has 1 aliphatic heterocycles. The Labute approximate surface area is 114 Å². The Hall–Kier alpha value is -1.27. The highest BCUT2D eigenvalue weighted by Crippen LogP contribution is 2.21. The lowest BCUT2D eigenvalue weighted by molar-refractivity contribution is 0.604. The van der Waals surface area contributed by atoms with Gasteiger partial charge in [0.2, 0.25) is 0 Å².